The lowest BCUT2D eigenvalue weighted by molar-refractivity contribution is 0.112. The van der Waals surface area contributed by atoms with Crippen molar-refractivity contribution in [2.75, 3.05) is 18.5 Å². The van der Waals surface area contributed by atoms with Gasteiger partial charge in [0.15, 0.2) is 6.29 Å². The Hall–Kier alpha value is -2.23. The van der Waals surface area contributed by atoms with Gasteiger partial charge in [-0.25, -0.2) is 4.39 Å². The maximum Gasteiger partial charge on any atom is 0.155 e. The molecule has 0 spiro atoms. The lowest BCUT2D eigenvalue weighted by atomic mass is 10.1. The zero-order chi connectivity index (χ0) is 13.7. The molecule has 0 aliphatic rings. The molecule has 19 heavy (non-hydrogen) atoms. The van der Waals surface area contributed by atoms with Crippen molar-refractivity contribution in [3.8, 4) is 0 Å². The van der Waals surface area contributed by atoms with E-state index in [9.17, 15) is 9.18 Å². The van der Waals surface area contributed by atoms with Crippen LogP contribution in [0.25, 0.3) is 0 Å². The van der Waals surface area contributed by atoms with Crippen molar-refractivity contribution >= 4 is 12.0 Å². The number of rotatable bonds is 5. The monoisotopic (exact) mass is 258 g/mol. The van der Waals surface area contributed by atoms with Gasteiger partial charge in [0.05, 0.1) is 5.56 Å². The molecule has 4 heteroatoms. The van der Waals surface area contributed by atoms with E-state index in [0.29, 0.717) is 18.5 Å². The van der Waals surface area contributed by atoms with Gasteiger partial charge in [0.25, 0.3) is 0 Å². The van der Waals surface area contributed by atoms with E-state index >= 15 is 0 Å². The number of anilines is 1. The number of aldehydes is 1. The molecule has 0 amide bonds. The predicted molar refractivity (Wildman–Crippen MR) is 73.0 cm³/mol. The molecule has 0 radical (unpaired) electrons. The van der Waals surface area contributed by atoms with E-state index in [2.05, 4.69) is 4.98 Å². The smallest absolute Gasteiger partial charge is 0.155 e. The highest BCUT2D eigenvalue weighted by Crippen LogP contribution is 2.20. The van der Waals surface area contributed by atoms with Crippen LogP contribution in [-0.4, -0.2) is 24.9 Å². The topological polar surface area (TPSA) is 33.2 Å². The number of carbonyl (C=O) groups is 1. The summed E-state index contributed by atoms with van der Waals surface area (Å²) in [6.45, 7) is 0.703. The Morgan fingerprint density at radius 2 is 2.00 bits per heavy atom. The third-order valence-corrected chi connectivity index (χ3v) is 3.04. The first-order valence-electron chi connectivity index (χ1n) is 6.06. The van der Waals surface area contributed by atoms with Crippen molar-refractivity contribution in [2.24, 2.45) is 0 Å². The summed E-state index contributed by atoms with van der Waals surface area (Å²) in [5.41, 5.74) is 1.88. The van der Waals surface area contributed by atoms with Gasteiger partial charge in [-0.05, 0) is 36.2 Å². The first kappa shape index (κ1) is 13.2. The van der Waals surface area contributed by atoms with Crippen molar-refractivity contribution in [2.45, 2.75) is 6.42 Å². The summed E-state index contributed by atoms with van der Waals surface area (Å²) in [5.74, 6) is -0.483. The molecule has 1 aromatic carbocycles. The molecule has 0 fully saturated rings. The highest BCUT2D eigenvalue weighted by Gasteiger charge is 2.11. The summed E-state index contributed by atoms with van der Waals surface area (Å²) in [4.78, 5) is 16.8. The molecule has 0 aliphatic carbocycles. The van der Waals surface area contributed by atoms with Gasteiger partial charge in [-0.3, -0.25) is 9.78 Å². The van der Waals surface area contributed by atoms with Gasteiger partial charge >= 0.3 is 0 Å². The Morgan fingerprint density at radius 1 is 1.26 bits per heavy atom. The fraction of sp³-hybridized carbons (Fsp3) is 0.200. The first-order valence-corrected chi connectivity index (χ1v) is 6.06. The molecular weight excluding hydrogens is 243 g/mol. The normalized spacial score (nSPS) is 10.2. The summed E-state index contributed by atoms with van der Waals surface area (Å²) in [6.07, 6.45) is 4.87. The van der Waals surface area contributed by atoms with Crippen LogP contribution in [0.3, 0.4) is 0 Å². The van der Waals surface area contributed by atoms with Crippen LogP contribution < -0.4 is 4.90 Å². The first-order chi connectivity index (χ1) is 9.22. The maximum atomic E-state index is 13.5. The van der Waals surface area contributed by atoms with E-state index in [0.717, 1.165) is 12.0 Å². The second kappa shape index (κ2) is 6.09. The molecule has 2 rings (SSSR count). The summed E-state index contributed by atoms with van der Waals surface area (Å²) >= 11 is 0. The average molecular weight is 258 g/mol. The van der Waals surface area contributed by atoms with Crippen LogP contribution >= 0.6 is 0 Å². The van der Waals surface area contributed by atoms with Crippen molar-refractivity contribution in [1.82, 2.24) is 4.98 Å². The number of halogens is 1. The number of aromatic nitrogens is 1. The van der Waals surface area contributed by atoms with Gasteiger partial charge in [-0.2, -0.15) is 0 Å². The molecule has 0 N–H and O–H groups in total. The average Bonchev–Trinajstić information content (AvgIpc) is 2.45. The van der Waals surface area contributed by atoms with Crippen LogP contribution in [-0.2, 0) is 6.42 Å². The number of likely N-dealkylation sites (N-methyl/N-ethyl adjacent to an activating group) is 1. The van der Waals surface area contributed by atoms with Crippen molar-refractivity contribution in [3.63, 3.8) is 0 Å². The zero-order valence-electron chi connectivity index (χ0n) is 10.7. The van der Waals surface area contributed by atoms with E-state index in [1.54, 1.807) is 24.5 Å². The summed E-state index contributed by atoms with van der Waals surface area (Å²) in [7, 11) is 1.85. The minimum Gasteiger partial charge on any atom is -0.374 e. The van der Waals surface area contributed by atoms with E-state index in [1.807, 2.05) is 24.1 Å². The molecule has 98 valence electrons. The van der Waals surface area contributed by atoms with Crippen LogP contribution in [0.15, 0.2) is 42.7 Å². The predicted octanol–water partition coefficient (Wildman–Crippen LogP) is 2.71. The Balaban J connectivity index is 2.10. The fourth-order valence-electron chi connectivity index (χ4n) is 1.94. The van der Waals surface area contributed by atoms with E-state index < -0.39 is 5.82 Å². The molecule has 0 saturated heterocycles. The van der Waals surface area contributed by atoms with Crippen LogP contribution in [0.2, 0.25) is 0 Å². The molecule has 0 unspecified atom stereocenters. The zero-order valence-corrected chi connectivity index (χ0v) is 10.7. The molecule has 1 heterocycles. The minimum absolute atomic E-state index is 0.111. The molecule has 0 saturated carbocycles. The standard InChI is InChI=1S/C15H15FN2O/c1-18(10-7-12-5-8-17-9-6-12)15-4-2-3-14(16)13(15)11-19/h2-6,8-9,11H,7,10H2,1H3. The summed E-state index contributed by atoms with van der Waals surface area (Å²) in [6, 6.07) is 8.55. The Bertz CT molecular complexity index is 557. The van der Waals surface area contributed by atoms with Crippen molar-refractivity contribution in [3.05, 3.63) is 59.7 Å². The third kappa shape index (κ3) is 3.16. The summed E-state index contributed by atoms with van der Waals surface area (Å²) < 4.78 is 13.5. The number of hydrogen-bond donors (Lipinski definition) is 0. The second-order valence-electron chi connectivity index (χ2n) is 4.32. The molecule has 0 aliphatic heterocycles. The number of carbonyl (C=O) groups excluding carboxylic acids is 1. The molecule has 3 nitrogen and oxygen atoms in total. The molecule has 0 bridgehead atoms. The number of pyridine rings is 1. The SMILES string of the molecule is CN(CCc1ccncc1)c1cccc(F)c1C=O. The van der Waals surface area contributed by atoms with Gasteiger partial charge < -0.3 is 4.90 Å². The van der Waals surface area contributed by atoms with Crippen molar-refractivity contribution < 1.29 is 9.18 Å². The largest absolute Gasteiger partial charge is 0.374 e. The Morgan fingerprint density at radius 3 is 2.68 bits per heavy atom. The van der Waals surface area contributed by atoms with Crippen LogP contribution in [0.4, 0.5) is 10.1 Å². The lowest BCUT2D eigenvalue weighted by Gasteiger charge is -2.21. The van der Waals surface area contributed by atoms with Gasteiger partial charge in [0, 0.05) is 31.7 Å². The Kier molecular flexibility index (Phi) is 4.23. The highest BCUT2D eigenvalue weighted by atomic mass is 19.1. The summed E-state index contributed by atoms with van der Waals surface area (Å²) in [5, 5.41) is 0. The van der Waals surface area contributed by atoms with E-state index in [4.69, 9.17) is 0 Å². The van der Waals surface area contributed by atoms with Crippen LogP contribution in [0.1, 0.15) is 15.9 Å². The Labute approximate surface area is 111 Å². The van der Waals surface area contributed by atoms with E-state index in [1.165, 1.54) is 6.07 Å². The van der Waals surface area contributed by atoms with Gasteiger partial charge in [0.2, 0.25) is 0 Å². The maximum absolute atomic E-state index is 13.5. The highest BCUT2D eigenvalue weighted by molar-refractivity contribution is 5.84. The van der Waals surface area contributed by atoms with Gasteiger partial charge in [0.1, 0.15) is 5.82 Å². The number of benzene rings is 1. The quantitative estimate of drug-likeness (QED) is 0.773. The number of hydrogen-bond acceptors (Lipinski definition) is 3. The van der Waals surface area contributed by atoms with Gasteiger partial charge in [-0.15, -0.1) is 0 Å². The van der Waals surface area contributed by atoms with E-state index in [-0.39, 0.29) is 5.56 Å². The van der Waals surface area contributed by atoms with Crippen LogP contribution in [0.5, 0.6) is 0 Å². The second-order valence-corrected chi connectivity index (χ2v) is 4.32. The van der Waals surface area contributed by atoms with Crippen molar-refractivity contribution in [1.29, 1.82) is 0 Å². The van der Waals surface area contributed by atoms with Crippen LogP contribution in [0, 0.1) is 5.82 Å². The third-order valence-electron chi connectivity index (χ3n) is 3.04. The molecule has 2 aromatic rings. The molecular formula is C15H15FN2O. The molecule has 0 atom stereocenters. The van der Waals surface area contributed by atoms with Gasteiger partial charge in [-0.1, -0.05) is 6.07 Å². The fourth-order valence-corrected chi connectivity index (χ4v) is 1.94. The number of nitrogens with zero attached hydrogens (tertiary/aromatic N) is 2. The minimum atomic E-state index is -0.483. The lowest BCUT2D eigenvalue weighted by Crippen LogP contribution is -2.22. The molecule has 1 aromatic heterocycles.